The highest BCUT2D eigenvalue weighted by Gasteiger charge is 2.34. The van der Waals surface area contributed by atoms with E-state index in [0.717, 1.165) is 24.0 Å². The summed E-state index contributed by atoms with van der Waals surface area (Å²) in [5, 5.41) is 13.6. The first-order chi connectivity index (χ1) is 13.3. The van der Waals surface area contributed by atoms with Crippen molar-refractivity contribution in [1.82, 2.24) is 15.5 Å². The fourth-order valence-corrected chi connectivity index (χ4v) is 4.33. The van der Waals surface area contributed by atoms with Crippen LogP contribution in [-0.2, 0) is 9.59 Å². The summed E-state index contributed by atoms with van der Waals surface area (Å²) in [7, 11) is 0. The first kappa shape index (κ1) is 20.3. The number of imide groups is 1. The Morgan fingerprint density at radius 3 is 2.68 bits per heavy atom. The van der Waals surface area contributed by atoms with Crippen LogP contribution in [0.15, 0.2) is 22.5 Å². The molecule has 2 N–H and O–H groups in total. The molecule has 4 amide bonds. The maximum Gasteiger partial charge on any atom is 0.325 e. The van der Waals surface area contributed by atoms with Crippen molar-refractivity contribution < 1.29 is 14.4 Å². The molecule has 0 radical (unpaired) electrons. The lowest BCUT2D eigenvalue weighted by Gasteiger charge is -2.15. The first-order valence-corrected chi connectivity index (χ1v) is 10.6. The molecule has 0 bridgehead atoms. The quantitative estimate of drug-likeness (QED) is 0.551. The second-order valence-corrected chi connectivity index (χ2v) is 8.69. The zero-order chi connectivity index (χ0) is 20.3. The molecule has 148 valence electrons. The molecule has 1 aliphatic rings. The van der Waals surface area contributed by atoms with Gasteiger partial charge in [0.15, 0.2) is 4.34 Å². The molecule has 1 aromatic heterocycles. The van der Waals surface area contributed by atoms with Gasteiger partial charge in [0, 0.05) is 18.7 Å². The minimum absolute atomic E-state index is 0.0261. The number of rotatable bonds is 6. The number of aromatic nitrogens is 2. The molecule has 2 aromatic rings. The predicted octanol–water partition coefficient (Wildman–Crippen LogP) is 3.11. The molecule has 0 saturated heterocycles. The number of benzene rings is 1. The summed E-state index contributed by atoms with van der Waals surface area (Å²) in [6.45, 7) is 5.36. The largest absolute Gasteiger partial charge is 0.325 e. The SMILES string of the molecule is CC(=O)N(c1nnc(SCC(=O)NC(=O)Nc2cccc(C)c2C)s1)C1CC1. The van der Waals surface area contributed by atoms with E-state index in [1.807, 2.05) is 26.0 Å². The smallest absolute Gasteiger partial charge is 0.307 e. The highest BCUT2D eigenvalue weighted by Crippen LogP contribution is 2.35. The number of nitrogens with zero attached hydrogens (tertiary/aromatic N) is 3. The molecule has 1 aliphatic carbocycles. The predicted molar refractivity (Wildman–Crippen MR) is 110 cm³/mol. The minimum Gasteiger partial charge on any atom is -0.307 e. The molecule has 0 unspecified atom stereocenters. The molecule has 1 saturated carbocycles. The van der Waals surface area contributed by atoms with Crippen LogP contribution in [0, 0.1) is 13.8 Å². The van der Waals surface area contributed by atoms with Gasteiger partial charge in [0.25, 0.3) is 0 Å². The minimum atomic E-state index is -0.575. The highest BCUT2D eigenvalue weighted by molar-refractivity contribution is 8.01. The fraction of sp³-hybridized carbons (Fsp3) is 0.389. The molecule has 3 rings (SSSR count). The van der Waals surface area contributed by atoms with E-state index in [9.17, 15) is 14.4 Å². The van der Waals surface area contributed by atoms with Gasteiger partial charge in [-0.05, 0) is 43.9 Å². The Labute approximate surface area is 171 Å². The molecule has 28 heavy (non-hydrogen) atoms. The molecular formula is C18H21N5O3S2. The summed E-state index contributed by atoms with van der Waals surface area (Å²) >= 11 is 2.45. The van der Waals surface area contributed by atoms with Crippen LogP contribution in [0.4, 0.5) is 15.6 Å². The summed E-state index contributed by atoms with van der Waals surface area (Å²) in [6, 6.07) is 5.21. The van der Waals surface area contributed by atoms with E-state index in [2.05, 4.69) is 20.8 Å². The van der Waals surface area contributed by atoms with E-state index in [1.165, 1.54) is 30.0 Å². The van der Waals surface area contributed by atoms with Crippen LogP contribution in [0.2, 0.25) is 0 Å². The van der Waals surface area contributed by atoms with Crippen molar-refractivity contribution in [3.63, 3.8) is 0 Å². The Kier molecular flexibility index (Phi) is 6.30. The van der Waals surface area contributed by atoms with E-state index < -0.39 is 11.9 Å². The molecule has 1 fully saturated rings. The van der Waals surface area contributed by atoms with E-state index >= 15 is 0 Å². The molecule has 0 atom stereocenters. The molecule has 0 aliphatic heterocycles. The van der Waals surface area contributed by atoms with Crippen LogP contribution in [0.3, 0.4) is 0 Å². The average molecular weight is 420 g/mol. The zero-order valence-corrected chi connectivity index (χ0v) is 17.4. The second kappa shape index (κ2) is 8.70. The third-order valence-corrected chi connectivity index (χ3v) is 6.34. The zero-order valence-electron chi connectivity index (χ0n) is 15.8. The van der Waals surface area contributed by atoms with Crippen molar-refractivity contribution in [2.75, 3.05) is 16.0 Å². The summed E-state index contributed by atoms with van der Waals surface area (Å²) in [5.41, 5.74) is 2.67. The number of urea groups is 1. The maximum absolute atomic E-state index is 12.0. The van der Waals surface area contributed by atoms with Crippen LogP contribution >= 0.6 is 23.1 Å². The van der Waals surface area contributed by atoms with E-state index in [4.69, 9.17) is 0 Å². The van der Waals surface area contributed by atoms with E-state index in [1.54, 1.807) is 11.0 Å². The standard InChI is InChI=1S/C18H21N5O3S2/c1-10-5-4-6-14(11(10)2)19-16(26)20-15(25)9-27-18-22-21-17(28-18)23(12(3)24)13-7-8-13/h4-6,13H,7-9H2,1-3H3,(H2,19,20,25,26). The number of carbonyl (C=O) groups is 3. The second-order valence-electron chi connectivity index (χ2n) is 6.51. The van der Waals surface area contributed by atoms with Gasteiger partial charge in [0.1, 0.15) is 0 Å². The molecule has 1 aromatic carbocycles. The summed E-state index contributed by atoms with van der Waals surface area (Å²) in [4.78, 5) is 37.5. The summed E-state index contributed by atoms with van der Waals surface area (Å²) in [6.07, 6.45) is 1.94. The van der Waals surface area contributed by atoms with Crippen molar-refractivity contribution in [2.45, 2.75) is 44.0 Å². The number of hydrogen-bond acceptors (Lipinski definition) is 7. The third kappa shape index (κ3) is 5.08. The molecule has 8 nitrogen and oxygen atoms in total. The molecule has 1 heterocycles. The number of anilines is 2. The van der Waals surface area contributed by atoms with Gasteiger partial charge >= 0.3 is 6.03 Å². The Morgan fingerprint density at radius 2 is 2.00 bits per heavy atom. The Balaban J connectivity index is 1.50. The topological polar surface area (TPSA) is 104 Å². The summed E-state index contributed by atoms with van der Waals surface area (Å²) in [5.74, 6) is -0.468. The number of aryl methyl sites for hydroxylation is 1. The highest BCUT2D eigenvalue weighted by atomic mass is 32.2. The monoisotopic (exact) mass is 419 g/mol. The lowest BCUT2D eigenvalue weighted by Crippen LogP contribution is -2.35. The van der Waals surface area contributed by atoms with Crippen LogP contribution in [0.1, 0.15) is 30.9 Å². The van der Waals surface area contributed by atoms with Gasteiger partial charge in [-0.3, -0.25) is 19.8 Å². The Bertz CT molecular complexity index is 910. The number of carbonyl (C=O) groups excluding carboxylic acids is 3. The Hall–Kier alpha value is -2.46. The van der Waals surface area contributed by atoms with Gasteiger partial charge in [0.2, 0.25) is 16.9 Å². The number of nitrogens with one attached hydrogen (secondary N) is 2. The van der Waals surface area contributed by atoms with Crippen LogP contribution in [-0.4, -0.2) is 39.8 Å². The van der Waals surface area contributed by atoms with Crippen LogP contribution < -0.4 is 15.5 Å². The first-order valence-electron chi connectivity index (χ1n) is 8.78. The van der Waals surface area contributed by atoms with Gasteiger partial charge in [-0.1, -0.05) is 35.2 Å². The molecule has 0 spiro atoms. The summed E-state index contributed by atoms with van der Waals surface area (Å²) < 4.78 is 0.576. The van der Waals surface area contributed by atoms with Gasteiger partial charge < -0.3 is 5.32 Å². The average Bonchev–Trinajstić information content (AvgIpc) is 3.34. The lowest BCUT2D eigenvalue weighted by molar-refractivity contribution is -0.118. The van der Waals surface area contributed by atoms with Crippen molar-refractivity contribution in [3.8, 4) is 0 Å². The van der Waals surface area contributed by atoms with E-state index in [-0.39, 0.29) is 17.7 Å². The normalized spacial score (nSPS) is 13.1. The molecular weight excluding hydrogens is 398 g/mol. The van der Waals surface area contributed by atoms with Gasteiger partial charge in [-0.15, -0.1) is 10.2 Å². The van der Waals surface area contributed by atoms with Gasteiger partial charge in [-0.2, -0.15) is 0 Å². The number of amides is 4. The number of hydrogen-bond donors (Lipinski definition) is 2. The van der Waals surface area contributed by atoms with Crippen molar-refractivity contribution >= 4 is 51.8 Å². The molecule has 10 heteroatoms. The maximum atomic E-state index is 12.0. The van der Waals surface area contributed by atoms with Crippen molar-refractivity contribution in [3.05, 3.63) is 29.3 Å². The van der Waals surface area contributed by atoms with Crippen LogP contribution in [0.5, 0.6) is 0 Å². The Morgan fingerprint density at radius 1 is 1.25 bits per heavy atom. The van der Waals surface area contributed by atoms with Crippen LogP contribution in [0.25, 0.3) is 0 Å². The van der Waals surface area contributed by atoms with E-state index in [0.29, 0.717) is 15.2 Å². The number of thioether (sulfide) groups is 1. The third-order valence-electron chi connectivity index (χ3n) is 4.29. The van der Waals surface area contributed by atoms with Crippen molar-refractivity contribution in [2.24, 2.45) is 0 Å². The van der Waals surface area contributed by atoms with Crippen molar-refractivity contribution in [1.29, 1.82) is 0 Å². The lowest BCUT2D eigenvalue weighted by atomic mass is 10.1. The van der Waals surface area contributed by atoms with Gasteiger partial charge in [-0.25, -0.2) is 4.79 Å². The van der Waals surface area contributed by atoms with Gasteiger partial charge in [0.05, 0.1) is 5.75 Å². The fourth-order valence-electron chi connectivity index (χ4n) is 2.57.